The fourth-order valence-electron chi connectivity index (χ4n) is 4.15. The predicted molar refractivity (Wildman–Crippen MR) is 113 cm³/mol. The van der Waals surface area contributed by atoms with Crippen LogP contribution in [0.5, 0.6) is 0 Å². The average Bonchev–Trinajstić information content (AvgIpc) is 3.25. The smallest absolute Gasteiger partial charge is 0.242 e. The minimum atomic E-state index is -0.495. The lowest BCUT2D eigenvalue weighted by atomic mass is 9.86. The van der Waals surface area contributed by atoms with E-state index in [9.17, 15) is 14.4 Å². The molecule has 0 aliphatic carbocycles. The van der Waals surface area contributed by atoms with Crippen LogP contribution in [0.1, 0.15) is 42.2 Å². The standard InChI is InChI=1S/C22H25N3O3S/c1-14-6-8-15(9-7-14)25-19(26)11-10-16(20(25)18-5-3-13-29-18)21(27)24-17-4-2-12-23-22(17)28/h3,5-9,13,16-17,20H,2,4,10-12H2,1H3,(H,23,28)(H,24,27). The third-order valence-corrected chi connectivity index (χ3v) is 6.63. The molecule has 29 heavy (non-hydrogen) atoms. The van der Waals surface area contributed by atoms with Gasteiger partial charge in [-0.25, -0.2) is 0 Å². The highest BCUT2D eigenvalue weighted by Gasteiger charge is 2.42. The maximum atomic E-state index is 13.2. The molecule has 4 rings (SSSR count). The maximum absolute atomic E-state index is 13.2. The van der Waals surface area contributed by atoms with Crippen molar-refractivity contribution in [1.29, 1.82) is 0 Å². The van der Waals surface area contributed by atoms with E-state index in [1.165, 1.54) is 0 Å². The number of benzene rings is 1. The topological polar surface area (TPSA) is 78.5 Å². The Balaban J connectivity index is 1.65. The van der Waals surface area contributed by atoms with Gasteiger partial charge in [-0.2, -0.15) is 0 Å². The summed E-state index contributed by atoms with van der Waals surface area (Å²) in [6.07, 6.45) is 2.28. The molecule has 3 unspecified atom stereocenters. The summed E-state index contributed by atoms with van der Waals surface area (Å²) in [5.41, 5.74) is 1.91. The molecule has 2 N–H and O–H groups in total. The van der Waals surface area contributed by atoms with E-state index in [2.05, 4.69) is 10.6 Å². The van der Waals surface area contributed by atoms with E-state index in [-0.39, 0.29) is 23.8 Å². The van der Waals surface area contributed by atoms with Crippen LogP contribution < -0.4 is 15.5 Å². The molecule has 2 aromatic rings. The zero-order chi connectivity index (χ0) is 20.4. The van der Waals surface area contributed by atoms with E-state index < -0.39 is 12.0 Å². The molecule has 1 aromatic carbocycles. The SMILES string of the molecule is Cc1ccc(N2C(=O)CCC(C(=O)NC3CCCNC3=O)C2c2cccs2)cc1. The highest BCUT2D eigenvalue weighted by molar-refractivity contribution is 7.10. The Morgan fingerprint density at radius 3 is 2.66 bits per heavy atom. The lowest BCUT2D eigenvalue weighted by molar-refractivity contribution is -0.134. The first kappa shape index (κ1) is 19.6. The second-order valence-electron chi connectivity index (χ2n) is 7.70. The van der Waals surface area contributed by atoms with Crippen molar-refractivity contribution in [2.45, 2.75) is 44.7 Å². The van der Waals surface area contributed by atoms with E-state index in [0.29, 0.717) is 25.8 Å². The maximum Gasteiger partial charge on any atom is 0.242 e. The molecule has 7 heteroatoms. The third kappa shape index (κ3) is 4.05. The van der Waals surface area contributed by atoms with Gasteiger partial charge < -0.3 is 15.5 Å². The molecular weight excluding hydrogens is 386 g/mol. The van der Waals surface area contributed by atoms with Crippen molar-refractivity contribution in [3.63, 3.8) is 0 Å². The molecule has 0 bridgehead atoms. The van der Waals surface area contributed by atoms with Crippen molar-refractivity contribution in [2.24, 2.45) is 5.92 Å². The number of anilines is 1. The van der Waals surface area contributed by atoms with E-state index >= 15 is 0 Å². The van der Waals surface area contributed by atoms with E-state index in [1.54, 1.807) is 16.2 Å². The molecule has 0 saturated carbocycles. The number of thiophene rings is 1. The van der Waals surface area contributed by atoms with E-state index in [0.717, 1.165) is 22.5 Å². The number of rotatable bonds is 4. The number of hydrogen-bond acceptors (Lipinski definition) is 4. The summed E-state index contributed by atoms with van der Waals surface area (Å²) in [5.74, 6) is -0.663. The molecule has 2 saturated heterocycles. The Labute approximate surface area is 174 Å². The quantitative estimate of drug-likeness (QED) is 0.812. The molecule has 2 aliphatic rings. The second-order valence-corrected chi connectivity index (χ2v) is 8.68. The van der Waals surface area contributed by atoms with Gasteiger partial charge in [-0.3, -0.25) is 14.4 Å². The minimum absolute atomic E-state index is 0.0201. The van der Waals surface area contributed by atoms with Crippen LogP contribution in [-0.2, 0) is 14.4 Å². The monoisotopic (exact) mass is 411 g/mol. The minimum Gasteiger partial charge on any atom is -0.354 e. The van der Waals surface area contributed by atoms with Gasteiger partial charge in [0.25, 0.3) is 0 Å². The van der Waals surface area contributed by atoms with Crippen molar-refractivity contribution < 1.29 is 14.4 Å². The molecule has 3 amide bonds. The van der Waals surface area contributed by atoms with Crippen LogP contribution in [0.2, 0.25) is 0 Å². The Morgan fingerprint density at radius 2 is 1.97 bits per heavy atom. The summed E-state index contributed by atoms with van der Waals surface area (Å²) in [5, 5.41) is 7.72. The molecule has 1 aromatic heterocycles. The lowest BCUT2D eigenvalue weighted by Gasteiger charge is -2.40. The van der Waals surface area contributed by atoms with E-state index in [1.807, 2.05) is 48.7 Å². The zero-order valence-electron chi connectivity index (χ0n) is 16.4. The molecule has 2 aliphatic heterocycles. The third-order valence-electron chi connectivity index (χ3n) is 5.68. The first-order chi connectivity index (χ1) is 14.0. The summed E-state index contributed by atoms with van der Waals surface area (Å²) in [4.78, 5) is 41.0. The van der Waals surface area contributed by atoms with Crippen LogP contribution >= 0.6 is 11.3 Å². The van der Waals surface area contributed by atoms with Crippen molar-refractivity contribution in [1.82, 2.24) is 10.6 Å². The van der Waals surface area contributed by atoms with Crippen LogP contribution in [0.15, 0.2) is 41.8 Å². The van der Waals surface area contributed by atoms with Crippen molar-refractivity contribution in [3.8, 4) is 0 Å². The van der Waals surface area contributed by atoms with Crippen LogP contribution in [0.25, 0.3) is 0 Å². The highest BCUT2D eigenvalue weighted by Crippen LogP contribution is 2.41. The molecule has 2 fully saturated rings. The number of carbonyl (C=O) groups excluding carboxylic acids is 3. The average molecular weight is 412 g/mol. The van der Waals surface area contributed by atoms with Crippen molar-refractivity contribution >= 4 is 34.7 Å². The number of aryl methyl sites for hydroxylation is 1. The van der Waals surface area contributed by atoms with Crippen LogP contribution in [-0.4, -0.2) is 30.3 Å². The van der Waals surface area contributed by atoms with Gasteiger partial charge in [0, 0.05) is 23.5 Å². The van der Waals surface area contributed by atoms with Gasteiger partial charge in [0.2, 0.25) is 17.7 Å². The fraction of sp³-hybridized carbons (Fsp3) is 0.409. The molecule has 6 nitrogen and oxygen atoms in total. The highest BCUT2D eigenvalue weighted by atomic mass is 32.1. The van der Waals surface area contributed by atoms with Gasteiger partial charge >= 0.3 is 0 Å². The predicted octanol–water partition coefficient (Wildman–Crippen LogP) is 2.94. The molecule has 152 valence electrons. The Kier molecular flexibility index (Phi) is 5.67. The number of hydrogen-bond donors (Lipinski definition) is 2. The molecule has 3 atom stereocenters. The van der Waals surface area contributed by atoms with Crippen LogP contribution in [0.3, 0.4) is 0 Å². The van der Waals surface area contributed by atoms with E-state index in [4.69, 9.17) is 0 Å². The molecule has 0 spiro atoms. The second kappa shape index (κ2) is 8.37. The summed E-state index contributed by atoms with van der Waals surface area (Å²) in [6.45, 7) is 2.66. The number of carbonyl (C=O) groups is 3. The normalized spacial score (nSPS) is 24.9. The molecular formula is C22H25N3O3S. The molecule has 0 radical (unpaired) electrons. The van der Waals surface area contributed by atoms with Gasteiger partial charge in [-0.15, -0.1) is 11.3 Å². The van der Waals surface area contributed by atoms with Gasteiger partial charge in [0.15, 0.2) is 0 Å². The van der Waals surface area contributed by atoms with Crippen molar-refractivity contribution in [2.75, 3.05) is 11.4 Å². The number of nitrogens with zero attached hydrogens (tertiary/aromatic N) is 1. The number of piperidine rings is 2. The lowest BCUT2D eigenvalue weighted by Crippen LogP contribution is -2.54. The Bertz CT molecular complexity index is 895. The van der Waals surface area contributed by atoms with Gasteiger partial charge in [0.1, 0.15) is 6.04 Å². The first-order valence-electron chi connectivity index (χ1n) is 10.0. The fourth-order valence-corrected chi connectivity index (χ4v) is 5.03. The first-order valence-corrected chi connectivity index (χ1v) is 10.9. The van der Waals surface area contributed by atoms with Crippen molar-refractivity contribution in [3.05, 3.63) is 52.2 Å². The van der Waals surface area contributed by atoms with Gasteiger partial charge in [-0.1, -0.05) is 23.8 Å². The van der Waals surface area contributed by atoms with Gasteiger partial charge in [-0.05, 0) is 49.8 Å². The summed E-state index contributed by atoms with van der Waals surface area (Å²) in [6, 6.07) is 10.9. The summed E-state index contributed by atoms with van der Waals surface area (Å²) in [7, 11) is 0. The molecule has 3 heterocycles. The van der Waals surface area contributed by atoms with Gasteiger partial charge in [0.05, 0.1) is 12.0 Å². The number of nitrogens with one attached hydrogen (secondary N) is 2. The Hall–Kier alpha value is -2.67. The number of amides is 3. The van der Waals surface area contributed by atoms with Crippen LogP contribution in [0, 0.1) is 12.8 Å². The largest absolute Gasteiger partial charge is 0.354 e. The van der Waals surface area contributed by atoms with Crippen LogP contribution in [0.4, 0.5) is 5.69 Å². The Morgan fingerprint density at radius 1 is 1.17 bits per heavy atom. The zero-order valence-corrected chi connectivity index (χ0v) is 17.2. The summed E-state index contributed by atoms with van der Waals surface area (Å²) >= 11 is 1.55. The summed E-state index contributed by atoms with van der Waals surface area (Å²) < 4.78 is 0.